The van der Waals surface area contributed by atoms with Crippen molar-refractivity contribution in [3.05, 3.63) is 29.3 Å². The van der Waals surface area contributed by atoms with Crippen molar-refractivity contribution >= 4 is 9.84 Å². The van der Waals surface area contributed by atoms with Gasteiger partial charge in [-0.25, -0.2) is 8.42 Å². The van der Waals surface area contributed by atoms with Gasteiger partial charge in [-0.2, -0.15) is 0 Å². The Kier molecular flexibility index (Phi) is 3.55. The second-order valence-corrected chi connectivity index (χ2v) is 6.14. The largest absolute Gasteiger partial charge is 0.224 e. The van der Waals surface area contributed by atoms with Crippen LogP contribution >= 0.6 is 0 Å². The molecule has 0 saturated heterocycles. The summed E-state index contributed by atoms with van der Waals surface area (Å²) in [7, 11) is -3.11. The summed E-state index contributed by atoms with van der Waals surface area (Å²) in [6.45, 7) is 6.04. The maximum atomic E-state index is 11.6. The van der Waals surface area contributed by atoms with Gasteiger partial charge in [0.1, 0.15) is 0 Å². The third-order valence-corrected chi connectivity index (χ3v) is 3.66. The van der Waals surface area contributed by atoms with Crippen molar-refractivity contribution in [2.24, 2.45) is 0 Å². The molecule has 0 amide bonds. The molecule has 2 nitrogen and oxygen atoms in total. The Morgan fingerprint density at radius 2 is 1.87 bits per heavy atom. The lowest BCUT2D eigenvalue weighted by atomic mass is 10.0. The predicted molar refractivity (Wildman–Crippen MR) is 63.0 cm³/mol. The topological polar surface area (TPSA) is 34.1 Å². The molecule has 0 radical (unpaired) electrons. The van der Waals surface area contributed by atoms with Gasteiger partial charge in [-0.3, -0.25) is 0 Å². The first-order valence-electron chi connectivity index (χ1n) is 5.19. The summed E-state index contributed by atoms with van der Waals surface area (Å²) >= 11 is 0. The standard InChI is InChI=1S/C12H18O2S/c1-5-10-6-7-11(9(2)3)12(8-10)15(4,13)14/h6-9H,5H2,1-4H3. The van der Waals surface area contributed by atoms with Gasteiger partial charge in [-0.15, -0.1) is 0 Å². The highest BCUT2D eigenvalue weighted by molar-refractivity contribution is 7.90. The molecule has 3 heteroatoms. The van der Waals surface area contributed by atoms with Crippen LogP contribution in [0.4, 0.5) is 0 Å². The Hall–Kier alpha value is -0.830. The average Bonchev–Trinajstić information content (AvgIpc) is 2.15. The molecule has 0 aliphatic carbocycles. The van der Waals surface area contributed by atoms with Crippen molar-refractivity contribution in [3.63, 3.8) is 0 Å². The van der Waals surface area contributed by atoms with Gasteiger partial charge < -0.3 is 0 Å². The third-order valence-electron chi connectivity index (χ3n) is 2.51. The summed E-state index contributed by atoms with van der Waals surface area (Å²) < 4.78 is 23.3. The van der Waals surface area contributed by atoms with Gasteiger partial charge in [0.25, 0.3) is 0 Å². The van der Waals surface area contributed by atoms with E-state index in [4.69, 9.17) is 0 Å². The number of aryl methyl sites for hydroxylation is 1. The predicted octanol–water partition coefficient (Wildman–Crippen LogP) is 2.78. The van der Waals surface area contributed by atoms with Crippen molar-refractivity contribution in [1.82, 2.24) is 0 Å². The molecule has 0 saturated carbocycles. The van der Waals surface area contributed by atoms with Crippen molar-refractivity contribution in [2.45, 2.75) is 38.0 Å². The molecule has 0 N–H and O–H groups in total. The average molecular weight is 226 g/mol. The summed E-state index contributed by atoms with van der Waals surface area (Å²) in [5.41, 5.74) is 1.98. The first-order chi connectivity index (χ1) is 6.86. The van der Waals surface area contributed by atoms with Crippen molar-refractivity contribution in [3.8, 4) is 0 Å². The molecule has 0 atom stereocenters. The zero-order chi connectivity index (χ0) is 11.6. The van der Waals surface area contributed by atoms with Gasteiger partial charge in [0.15, 0.2) is 9.84 Å². The molecule has 1 aromatic rings. The monoisotopic (exact) mass is 226 g/mol. The highest BCUT2D eigenvalue weighted by Crippen LogP contribution is 2.25. The van der Waals surface area contributed by atoms with Crippen LogP contribution in [0.15, 0.2) is 23.1 Å². The van der Waals surface area contributed by atoms with Gasteiger partial charge in [0, 0.05) is 6.26 Å². The van der Waals surface area contributed by atoms with E-state index in [9.17, 15) is 8.42 Å². The molecular formula is C12H18O2S. The summed E-state index contributed by atoms with van der Waals surface area (Å²) in [6.07, 6.45) is 2.13. The number of hydrogen-bond donors (Lipinski definition) is 0. The Labute approximate surface area is 92.2 Å². The second-order valence-electron chi connectivity index (χ2n) is 4.15. The molecule has 0 aliphatic rings. The number of rotatable bonds is 3. The van der Waals surface area contributed by atoms with Crippen molar-refractivity contribution < 1.29 is 8.42 Å². The van der Waals surface area contributed by atoms with E-state index in [0.29, 0.717) is 4.90 Å². The zero-order valence-electron chi connectivity index (χ0n) is 9.74. The smallest absolute Gasteiger partial charge is 0.175 e. The molecule has 1 aromatic carbocycles. The second kappa shape index (κ2) is 4.35. The molecule has 0 aliphatic heterocycles. The zero-order valence-corrected chi connectivity index (χ0v) is 10.6. The Balaban J connectivity index is 3.43. The van der Waals surface area contributed by atoms with E-state index in [0.717, 1.165) is 17.5 Å². The minimum Gasteiger partial charge on any atom is -0.224 e. The van der Waals surface area contributed by atoms with Crippen LogP contribution < -0.4 is 0 Å². The minimum atomic E-state index is -3.11. The van der Waals surface area contributed by atoms with Crippen LogP contribution in [0.1, 0.15) is 37.8 Å². The molecular weight excluding hydrogens is 208 g/mol. The molecule has 0 heterocycles. The molecule has 84 valence electrons. The van der Waals surface area contributed by atoms with Gasteiger partial charge in [0.05, 0.1) is 4.90 Å². The molecule has 0 spiro atoms. The van der Waals surface area contributed by atoms with Gasteiger partial charge in [-0.05, 0) is 29.5 Å². The van der Waals surface area contributed by atoms with Crippen LogP contribution in [-0.4, -0.2) is 14.7 Å². The Bertz CT molecular complexity index is 445. The molecule has 0 bridgehead atoms. The lowest BCUT2D eigenvalue weighted by molar-refractivity contribution is 0.599. The maximum Gasteiger partial charge on any atom is 0.175 e. The van der Waals surface area contributed by atoms with Crippen molar-refractivity contribution in [2.75, 3.05) is 6.26 Å². The van der Waals surface area contributed by atoms with E-state index in [-0.39, 0.29) is 5.92 Å². The SMILES string of the molecule is CCc1ccc(C(C)C)c(S(C)(=O)=O)c1. The highest BCUT2D eigenvalue weighted by Gasteiger charge is 2.15. The fraction of sp³-hybridized carbons (Fsp3) is 0.500. The van der Waals surface area contributed by atoms with E-state index in [1.165, 1.54) is 6.26 Å². The van der Waals surface area contributed by atoms with Gasteiger partial charge >= 0.3 is 0 Å². The van der Waals surface area contributed by atoms with Crippen LogP contribution in [-0.2, 0) is 16.3 Å². The highest BCUT2D eigenvalue weighted by atomic mass is 32.2. The van der Waals surface area contributed by atoms with Crippen LogP contribution in [0.5, 0.6) is 0 Å². The lowest BCUT2D eigenvalue weighted by Crippen LogP contribution is -2.04. The van der Waals surface area contributed by atoms with E-state index in [2.05, 4.69) is 0 Å². The van der Waals surface area contributed by atoms with Crippen LogP contribution in [0, 0.1) is 0 Å². The lowest BCUT2D eigenvalue weighted by Gasteiger charge is -2.12. The van der Waals surface area contributed by atoms with Crippen LogP contribution in [0.2, 0.25) is 0 Å². The molecule has 1 rings (SSSR count). The minimum absolute atomic E-state index is 0.237. The molecule has 0 aromatic heterocycles. The van der Waals surface area contributed by atoms with Gasteiger partial charge in [0.2, 0.25) is 0 Å². The Morgan fingerprint density at radius 1 is 1.27 bits per heavy atom. The van der Waals surface area contributed by atoms with E-state index >= 15 is 0 Å². The number of hydrogen-bond acceptors (Lipinski definition) is 2. The van der Waals surface area contributed by atoms with Crippen molar-refractivity contribution in [1.29, 1.82) is 0 Å². The maximum absolute atomic E-state index is 11.6. The number of sulfone groups is 1. The summed E-state index contributed by atoms with van der Waals surface area (Å²) in [5.74, 6) is 0.237. The van der Waals surface area contributed by atoms with Gasteiger partial charge in [-0.1, -0.05) is 32.9 Å². The van der Waals surface area contributed by atoms with E-state index in [1.807, 2.05) is 32.9 Å². The first-order valence-corrected chi connectivity index (χ1v) is 7.08. The first kappa shape index (κ1) is 12.2. The fourth-order valence-corrected chi connectivity index (χ4v) is 2.69. The normalized spacial score (nSPS) is 12.1. The number of benzene rings is 1. The third kappa shape index (κ3) is 2.81. The van der Waals surface area contributed by atoms with E-state index in [1.54, 1.807) is 6.07 Å². The molecule has 0 fully saturated rings. The summed E-state index contributed by atoms with van der Waals surface area (Å²) in [6, 6.07) is 5.73. The van der Waals surface area contributed by atoms with Crippen LogP contribution in [0.3, 0.4) is 0 Å². The quantitative estimate of drug-likeness (QED) is 0.794. The van der Waals surface area contributed by atoms with Crippen LogP contribution in [0.25, 0.3) is 0 Å². The summed E-state index contributed by atoms with van der Waals surface area (Å²) in [4.78, 5) is 0.483. The summed E-state index contributed by atoms with van der Waals surface area (Å²) in [5, 5.41) is 0. The fourth-order valence-electron chi connectivity index (χ4n) is 1.60. The molecule has 0 unspecified atom stereocenters. The molecule has 15 heavy (non-hydrogen) atoms. The van der Waals surface area contributed by atoms with E-state index < -0.39 is 9.84 Å². The Morgan fingerprint density at radius 3 is 2.27 bits per heavy atom.